The van der Waals surface area contributed by atoms with Gasteiger partial charge < -0.3 is 9.50 Å². The van der Waals surface area contributed by atoms with Crippen molar-refractivity contribution in [3.05, 3.63) is 92.3 Å². The van der Waals surface area contributed by atoms with Crippen LogP contribution in [0.1, 0.15) is 11.1 Å². The summed E-state index contributed by atoms with van der Waals surface area (Å²) >= 11 is 10.4. The molecule has 1 saturated heterocycles. The molecule has 1 heterocycles. The number of hydrogen-bond acceptors (Lipinski definition) is 6. The number of halogens is 2. The molecule has 0 bridgehead atoms. The van der Waals surface area contributed by atoms with Crippen LogP contribution in [0, 0.1) is 6.92 Å². The molecule has 168 valence electrons. The zero-order valence-corrected chi connectivity index (χ0v) is 21.1. The lowest BCUT2D eigenvalue weighted by atomic mass is 10.2. The van der Waals surface area contributed by atoms with Gasteiger partial charge in [-0.3, -0.25) is 4.79 Å². The van der Waals surface area contributed by atoms with Crippen LogP contribution in [-0.4, -0.2) is 19.5 Å². The summed E-state index contributed by atoms with van der Waals surface area (Å²) in [5.74, 6) is -0.247. The topological polar surface area (TPSA) is 84.8 Å². The van der Waals surface area contributed by atoms with Gasteiger partial charge >= 0.3 is 10.1 Å². The SMILES string of the molecule is Cc1ccc(S(=O)(=O)Oc2ccc(Br)cc2/C=C2\SC(=Nc3ccc(Cl)cc3)NC2=O)cc1. The molecule has 1 fully saturated rings. The van der Waals surface area contributed by atoms with Crippen LogP contribution in [0.15, 0.2) is 86.0 Å². The first-order valence-electron chi connectivity index (χ1n) is 9.55. The lowest BCUT2D eigenvalue weighted by Gasteiger charge is -2.10. The van der Waals surface area contributed by atoms with E-state index in [-0.39, 0.29) is 16.6 Å². The number of amidine groups is 1. The first kappa shape index (κ1) is 23.6. The van der Waals surface area contributed by atoms with Crippen molar-refractivity contribution in [3.63, 3.8) is 0 Å². The van der Waals surface area contributed by atoms with Gasteiger partial charge in [-0.25, -0.2) is 4.99 Å². The fourth-order valence-electron chi connectivity index (χ4n) is 2.83. The number of nitrogens with zero attached hydrogens (tertiary/aromatic N) is 1. The summed E-state index contributed by atoms with van der Waals surface area (Å²) in [5.41, 5.74) is 1.99. The average molecular weight is 564 g/mol. The Balaban J connectivity index is 1.63. The molecule has 0 spiro atoms. The minimum atomic E-state index is -4.05. The monoisotopic (exact) mass is 562 g/mol. The summed E-state index contributed by atoms with van der Waals surface area (Å²) in [4.78, 5) is 17.3. The van der Waals surface area contributed by atoms with E-state index in [0.717, 1.165) is 17.3 Å². The van der Waals surface area contributed by atoms with E-state index < -0.39 is 10.1 Å². The summed E-state index contributed by atoms with van der Waals surface area (Å²) in [6, 6.07) is 18.1. The van der Waals surface area contributed by atoms with Crippen molar-refractivity contribution in [2.75, 3.05) is 0 Å². The number of aliphatic imine (C=N–C) groups is 1. The van der Waals surface area contributed by atoms with Crippen LogP contribution < -0.4 is 9.50 Å². The van der Waals surface area contributed by atoms with Gasteiger partial charge in [-0.05, 0) is 79.4 Å². The second-order valence-electron chi connectivity index (χ2n) is 6.99. The molecule has 33 heavy (non-hydrogen) atoms. The van der Waals surface area contributed by atoms with Crippen molar-refractivity contribution in [1.82, 2.24) is 5.32 Å². The second kappa shape index (κ2) is 9.72. The van der Waals surface area contributed by atoms with Gasteiger partial charge in [0.1, 0.15) is 10.6 Å². The molecule has 1 aliphatic rings. The predicted molar refractivity (Wildman–Crippen MR) is 135 cm³/mol. The minimum Gasteiger partial charge on any atom is -0.378 e. The third-order valence-corrected chi connectivity index (χ3v) is 7.38. The number of hydrogen-bond donors (Lipinski definition) is 1. The maximum absolute atomic E-state index is 12.8. The van der Waals surface area contributed by atoms with Crippen LogP contribution in [0.25, 0.3) is 6.08 Å². The Labute approximate surface area is 209 Å². The standard InChI is InChI=1S/C23H16BrClN2O4S2/c1-14-2-9-19(10-3-14)33(29,30)31-20-11-4-16(24)12-15(20)13-21-22(28)27-23(32-21)26-18-7-5-17(25)6-8-18/h2-13H,1H3,(H,26,27,28)/b21-13-. The van der Waals surface area contributed by atoms with Gasteiger partial charge in [0.25, 0.3) is 5.91 Å². The van der Waals surface area contributed by atoms with Crippen LogP contribution in [0.4, 0.5) is 5.69 Å². The third kappa shape index (κ3) is 5.86. The number of benzene rings is 3. The first-order valence-corrected chi connectivity index (χ1v) is 12.9. The number of thioether (sulfide) groups is 1. The highest BCUT2D eigenvalue weighted by molar-refractivity contribution is 9.10. The number of amides is 1. The molecule has 4 rings (SSSR count). The lowest BCUT2D eigenvalue weighted by molar-refractivity contribution is -0.115. The largest absolute Gasteiger partial charge is 0.378 e. The van der Waals surface area contributed by atoms with E-state index in [1.807, 2.05) is 6.92 Å². The molecular weight excluding hydrogens is 548 g/mol. The van der Waals surface area contributed by atoms with E-state index in [0.29, 0.717) is 30.8 Å². The zero-order chi connectivity index (χ0) is 23.6. The van der Waals surface area contributed by atoms with Crippen molar-refractivity contribution in [1.29, 1.82) is 0 Å². The van der Waals surface area contributed by atoms with Crippen LogP contribution in [-0.2, 0) is 14.9 Å². The summed E-state index contributed by atoms with van der Waals surface area (Å²) in [6.07, 6.45) is 1.56. The normalized spacial score (nSPS) is 16.3. The van der Waals surface area contributed by atoms with Crippen LogP contribution >= 0.6 is 39.3 Å². The Hall–Kier alpha value is -2.59. The van der Waals surface area contributed by atoms with Gasteiger partial charge in [-0.15, -0.1) is 0 Å². The Kier molecular flexibility index (Phi) is 6.94. The van der Waals surface area contributed by atoms with Crippen LogP contribution in [0.5, 0.6) is 5.75 Å². The van der Waals surface area contributed by atoms with Crippen molar-refractivity contribution in [3.8, 4) is 5.75 Å². The maximum Gasteiger partial charge on any atom is 0.339 e. The predicted octanol–water partition coefficient (Wildman–Crippen LogP) is 6.07. The molecular formula is C23H16BrClN2O4S2. The average Bonchev–Trinajstić information content (AvgIpc) is 3.10. The highest BCUT2D eigenvalue weighted by atomic mass is 79.9. The molecule has 1 aliphatic heterocycles. The molecule has 0 atom stereocenters. The summed E-state index contributed by atoms with van der Waals surface area (Å²) < 4.78 is 31.6. The molecule has 0 saturated carbocycles. The van der Waals surface area contributed by atoms with Gasteiger partial charge in [-0.2, -0.15) is 8.42 Å². The molecule has 10 heteroatoms. The Morgan fingerprint density at radius 1 is 1.06 bits per heavy atom. The minimum absolute atomic E-state index is 0.0417. The van der Waals surface area contributed by atoms with Gasteiger partial charge in [0.2, 0.25) is 0 Å². The summed E-state index contributed by atoms with van der Waals surface area (Å²) in [7, 11) is -4.05. The Morgan fingerprint density at radius 3 is 2.45 bits per heavy atom. The van der Waals surface area contributed by atoms with Gasteiger partial charge in [0.15, 0.2) is 5.17 Å². The smallest absolute Gasteiger partial charge is 0.339 e. The van der Waals surface area contributed by atoms with Crippen LogP contribution in [0.3, 0.4) is 0 Å². The van der Waals surface area contributed by atoms with E-state index in [4.69, 9.17) is 15.8 Å². The van der Waals surface area contributed by atoms with E-state index in [9.17, 15) is 13.2 Å². The number of carbonyl (C=O) groups is 1. The maximum atomic E-state index is 12.8. The lowest BCUT2D eigenvalue weighted by Crippen LogP contribution is -2.19. The Bertz CT molecular complexity index is 1390. The van der Waals surface area contributed by atoms with Crippen molar-refractivity contribution in [2.45, 2.75) is 11.8 Å². The highest BCUT2D eigenvalue weighted by Gasteiger charge is 2.25. The third-order valence-electron chi connectivity index (χ3n) is 4.48. The van der Waals surface area contributed by atoms with Crippen LogP contribution in [0.2, 0.25) is 5.02 Å². The highest BCUT2D eigenvalue weighted by Crippen LogP contribution is 2.33. The number of rotatable bonds is 5. The summed E-state index contributed by atoms with van der Waals surface area (Å²) in [5, 5.41) is 3.69. The summed E-state index contributed by atoms with van der Waals surface area (Å²) in [6.45, 7) is 1.87. The van der Waals surface area contributed by atoms with Crippen molar-refractivity contribution in [2.24, 2.45) is 4.99 Å². The van der Waals surface area contributed by atoms with Gasteiger partial charge in [-0.1, -0.05) is 45.2 Å². The molecule has 3 aromatic carbocycles. The fraction of sp³-hybridized carbons (Fsp3) is 0.0435. The zero-order valence-electron chi connectivity index (χ0n) is 17.1. The second-order valence-corrected chi connectivity index (χ2v) is 10.9. The molecule has 0 aromatic heterocycles. The van der Waals surface area contributed by atoms with Crippen molar-refractivity contribution < 1.29 is 17.4 Å². The molecule has 3 aromatic rings. The van der Waals surface area contributed by atoms with E-state index >= 15 is 0 Å². The van der Waals surface area contributed by atoms with E-state index in [2.05, 4.69) is 26.2 Å². The fourth-order valence-corrected chi connectivity index (χ4v) is 5.13. The molecule has 1 N–H and O–H groups in total. The van der Waals surface area contributed by atoms with Gasteiger partial charge in [0.05, 0.1) is 10.6 Å². The molecule has 0 aliphatic carbocycles. The molecule has 6 nitrogen and oxygen atoms in total. The first-order chi connectivity index (χ1) is 15.7. The number of aryl methyl sites for hydroxylation is 1. The number of carbonyl (C=O) groups excluding carboxylic acids is 1. The van der Waals surface area contributed by atoms with Gasteiger partial charge in [0, 0.05) is 15.1 Å². The van der Waals surface area contributed by atoms with E-state index in [1.54, 1.807) is 54.6 Å². The van der Waals surface area contributed by atoms with E-state index in [1.165, 1.54) is 18.2 Å². The Morgan fingerprint density at radius 2 is 1.76 bits per heavy atom. The number of nitrogens with one attached hydrogen (secondary N) is 1. The quantitative estimate of drug-likeness (QED) is 0.301. The molecule has 0 radical (unpaired) electrons. The molecule has 0 unspecified atom stereocenters. The van der Waals surface area contributed by atoms with Crippen molar-refractivity contribution >= 4 is 72.2 Å². The molecule has 1 amide bonds.